The summed E-state index contributed by atoms with van der Waals surface area (Å²) in [7, 11) is 0. The fraction of sp³-hybridized carbons (Fsp3) is 0.500. The fourth-order valence-electron chi connectivity index (χ4n) is 2.36. The van der Waals surface area contributed by atoms with E-state index in [0.29, 0.717) is 5.02 Å². The molecule has 1 aliphatic carbocycles. The quantitative estimate of drug-likeness (QED) is 0.879. The van der Waals surface area contributed by atoms with Gasteiger partial charge < -0.3 is 5.11 Å². The predicted molar refractivity (Wildman–Crippen MR) is 66.3 cm³/mol. The highest BCUT2D eigenvalue weighted by Crippen LogP contribution is 2.64. The van der Waals surface area contributed by atoms with Crippen molar-refractivity contribution in [3.05, 3.63) is 33.3 Å². The second kappa shape index (κ2) is 3.47. The van der Waals surface area contributed by atoms with E-state index in [2.05, 4.69) is 29.8 Å². The second-order valence-electron chi connectivity index (χ2n) is 4.93. The smallest absolute Gasteiger partial charge is 0.0548 e. The minimum absolute atomic E-state index is 0.0693. The van der Waals surface area contributed by atoms with Crippen LogP contribution in [0.4, 0.5) is 0 Å². The lowest BCUT2D eigenvalue weighted by molar-refractivity contribution is 0.231. The molecule has 1 nitrogen and oxygen atoms in total. The monoisotopic (exact) mass is 288 g/mol. The number of halogens is 2. The van der Waals surface area contributed by atoms with E-state index in [4.69, 9.17) is 11.6 Å². The van der Waals surface area contributed by atoms with Crippen LogP contribution < -0.4 is 0 Å². The van der Waals surface area contributed by atoms with Gasteiger partial charge in [-0.2, -0.15) is 0 Å². The lowest BCUT2D eigenvalue weighted by atomic mass is 9.89. The molecule has 0 saturated heterocycles. The van der Waals surface area contributed by atoms with Gasteiger partial charge in [0.25, 0.3) is 0 Å². The molecule has 0 bridgehead atoms. The highest BCUT2D eigenvalue weighted by atomic mass is 79.9. The first kappa shape index (κ1) is 11.4. The fourth-order valence-corrected chi connectivity index (χ4v) is 2.85. The molecule has 1 fully saturated rings. The second-order valence-corrected chi connectivity index (χ2v) is 6.19. The molecule has 1 aromatic carbocycles. The van der Waals surface area contributed by atoms with Crippen molar-refractivity contribution in [2.24, 2.45) is 5.41 Å². The van der Waals surface area contributed by atoms with Crippen molar-refractivity contribution in [2.75, 3.05) is 6.61 Å². The third-order valence-corrected chi connectivity index (χ3v) is 4.87. The Morgan fingerprint density at radius 1 is 1.47 bits per heavy atom. The van der Waals surface area contributed by atoms with Crippen LogP contribution in [-0.4, -0.2) is 11.7 Å². The van der Waals surface area contributed by atoms with Gasteiger partial charge in [0.2, 0.25) is 0 Å². The van der Waals surface area contributed by atoms with Crippen molar-refractivity contribution in [1.29, 1.82) is 0 Å². The average Bonchev–Trinajstić information content (AvgIpc) is 2.75. The summed E-state index contributed by atoms with van der Waals surface area (Å²) in [5.41, 5.74) is 1.29. The highest BCUT2D eigenvalue weighted by molar-refractivity contribution is 9.10. The van der Waals surface area contributed by atoms with E-state index in [9.17, 15) is 5.11 Å². The third-order valence-electron chi connectivity index (χ3n) is 3.66. The van der Waals surface area contributed by atoms with Gasteiger partial charge in [-0.05, 0) is 45.5 Å². The van der Waals surface area contributed by atoms with Gasteiger partial charge in [0.1, 0.15) is 0 Å². The van der Waals surface area contributed by atoms with Gasteiger partial charge in [-0.25, -0.2) is 0 Å². The molecule has 0 amide bonds. The molecular weight excluding hydrogens is 275 g/mol. The van der Waals surface area contributed by atoms with Crippen LogP contribution in [-0.2, 0) is 5.41 Å². The molecule has 1 N–H and O–H groups in total. The van der Waals surface area contributed by atoms with E-state index >= 15 is 0 Å². The zero-order valence-corrected chi connectivity index (χ0v) is 11.2. The summed E-state index contributed by atoms with van der Waals surface area (Å²) >= 11 is 9.38. The molecule has 2 rings (SSSR count). The Balaban J connectivity index is 2.42. The summed E-state index contributed by atoms with van der Waals surface area (Å²) in [6, 6.07) is 5.91. The Morgan fingerprint density at radius 3 is 2.47 bits per heavy atom. The normalized spacial score (nSPS) is 27.8. The van der Waals surface area contributed by atoms with E-state index in [-0.39, 0.29) is 17.4 Å². The van der Waals surface area contributed by atoms with Gasteiger partial charge in [-0.1, -0.05) is 31.5 Å². The molecular formula is C12H14BrClO. The SMILES string of the molecule is CC1(C)CC1(CO)c1ccc(Cl)c(Br)c1. The first-order valence-corrected chi connectivity index (χ1v) is 6.16. The summed E-state index contributed by atoms with van der Waals surface area (Å²) < 4.78 is 0.900. The van der Waals surface area contributed by atoms with Crippen molar-refractivity contribution >= 4 is 27.5 Å². The van der Waals surface area contributed by atoms with Crippen LogP contribution in [0.25, 0.3) is 0 Å². The first-order chi connectivity index (χ1) is 6.93. The van der Waals surface area contributed by atoms with E-state index in [1.807, 2.05) is 18.2 Å². The van der Waals surface area contributed by atoms with Gasteiger partial charge in [0, 0.05) is 9.89 Å². The average molecular weight is 290 g/mol. The summed E-state index contributed by atoms with van der Waals surface area (Å²) in [4.78, 5) is 0. The minimum Gasteiger partial charge on any atom is -0.395 e. The molecule has 1 aromatic rings. The van der Waals surface area contributed by atoms with Gasteiger partial charge >= 0.3 is 0 Å². The van der Waals surface area contributed by atoms with Crippen LogP contribution in [0.5, 0.6) is 0 Å². The summed E-state index contributed by atoms with van der Waals surface area (Å²) in [5.74, 6) is 0. The molecule has 0 heterocycles. The molecule has 0 radical (unpaired) electrons. The van der Waals surface area contributed by atoms with Crippen LogP contribution in [0, 0.1) is 5.41 Å². The largest absolute Gasteiger partial charge is 0.395 e. The zero-order chi connectivity index (χ0) is 11.3. The van der Waals surface area contributed by atoms with Crippen molar-refractivity contribution < 1.29 is 5.11 Å². The number of aliphatic hydroxyl groups is 1. The Hall–Kier alpha value is -0.0500. The molecule has 1 unspecified atom stereocenters. The standard InChI is InChI=1S/C12H14BrClO/c1-11(2)6-12(11,7-15)8-3-4-10(14)9(13)5-8/h3-5,15H,6-7H2,1-2H3. The highest BCUT2D eigenvalue weighted by Gasteiger charge is 2.61. The van der Waals surface area contributed by atoms with E-state index < -0.39 is 0 Å². The number of benzene rings is 1. The first-order valence-electron chi connectivity index (χ1n) is 4.99. The summed E-state index contributed by atoms with van der Waals surface area (Å²) in [6.45, 7) is 4.57. The number of aliphatic hydroxyl groups excluding tert-OH is 1. The summed E-state index contributed by atoms with van der Waals surface area (Å²) in [6.07, 6.45) is 1.03. The Bertz CT molecular complexity index is 403. The Kier molecular flexibility index (Phi) is 2.65. The Morgan fingerprint density at radius 2 is 2.07 bits per heavy atom. The lowest BCUT2D eigenvalue weighted by Gasteiger charge is -2.18. The van der Waals surface area contributed by atoms with Gasteiger partial charge in [0.15, 0.2) is 0 Å². The maximum absolute atomic E-state index is 9.56. The molecule has 3 heteroatoms. The van der Waals surface area contributed by atoms with E-state index in [1.165, 1.54) is 5.56 Å². The topological polar surface area (TPSA) is 20.2 Å². The van der Waals surface area contributed by atoms with Crippen LogP contribution in [0.2, 0.25) is 5.02 Å². The lowest BCUT2D eigenvalue weighted by Crippen LogP contribution is -2.19. The van der Waals surface area contributed by atoms with E-state index in [1.54, 1.807) is 0 Å². The van der Waals surface area contributed by atoms with Crippen LogP contribution in [0.3, 0.4) is 0 Å². The zero-order valence-electron chi connectivity index (χ0n) is 8.85. The molecule has 1 saturated carbocycles. The Labute approximate surface area is 104 Å². The molecule has 0 aromatic heterocycles. The van der Waals surface area contributed by atoms with Crippen molar-refractivity contribution in [3.8, 4) is 0 Å². The maximum Gasteiger partial charge on any atom is 0.0548 e. The molecule has 1 atom stereocenters. The maximum atomic E-state index is 9.56. The molecule has 0 spiro atoms. The van der Waals surface area contributed by atoms with Crippen LogP contribution in [0.15, 0.2) is 22.7 Å². The minimum atomic E-state index is -0.0693. The van der Waals surface area contributed by atoms with Crippen molar-refractivity contribution in [1.82, 2.24) is 0 Å². The van der Waals surface area contributed by atoms with E-state index in [0.717, 1.165) is 10.9 Å². The van der Waals surface area contributed by atoms with Crippen LogP contribution >= 0.6 is 27.5 Å². The van der Waals surface area contributed by atoms with Gasteiger partial charge in [-0.3, -0.25) is 0 Å². The number of rotatable bonds is 2. The molecule has 15 heavy (non-hydrogen) atoms. The van der Waals surface area contributed by atoms with Crippen molar-refractivity contribution in [3.63, 3.8) is 0 Å². The van der Waals surface area contributed by atoms with Gasteiger partial charge in [0.05, 0.1) is 11.6 Å². The van der Waals surface area contributed by atoms with Crippen molar-refractivity contribution in [2.45, 2.75) is 25.7 Å². The number of hydrogen-bond donors (Lipinski definition) is 1. The molecule has 1 aliphatic rings. The third kappa shape index (κ3) is 1.63. The van der Waals surface area contributed by atoms with Gasteiger partial charge in [-0.15, -0.1) is 0 Å². The molecule has 82 valence electrons. The summed E-state index contributed by atoms with van der Waals surface area (Å²) in [5, 5.41) is 10.3. The number of hydrogen-bond acceptors (Lipinski definition) is 1. The predicted octanol–water partition coefficient (Wildman–Crippen LogP) is 3.76. The van der Waals surface area contributed by atoms with Crippen LogP contribution in [0.1, 0.15) is 25.8 Å². The molecule has 0 aliphatic heterocycles.